The van der Waals surface area contributed by atoms with Crippen molar-refractivity contribution in [1.29, 1.82) is 0 Å². The average molecular weight is 1550 g/mol. The number of phosphoric acid groups is 2. The fourth-order valence-corrected chi connectivity index (χ4v) is 15.1. The molecule has 2 unspecified atom stereocenters. The zero-order valence-corrected chi connectivity index (χ0v) is 71.7. The van der Waals surface area contributed by atoms with Crippen LogP contribution in [-0.4, -0.2) is 96.7 Å². The summed E-state index contributed by atoms with van der Waals surface area (Å²) in [4.78, 5) is 73.2. The van der Waals surface area contributed by atoms with Crippen LogP contribution in [-0.2, 0) is 65.4 Å². The van der Waals surface area contributed by atoms with Crippen LogP contribution < -0.4 is 0 Å². The SMILES string of the molecule is CCCCCCCCCCCCCCCCCCCCCC(=O)OC[C@H](COP(=O)(O)OC[C@@H](O)COP(=O)(O)OC[C@@H](COC(=O)CCCCCCCCCC(C)C)OC(=O)CCCCCCCCCCCCCCCCCC(C)C)OC(=O)CCCCCCCCCCCCCCCCCCC(C)C. The Bertz CT molecular complexity index is 2040. The van der Waals surface area contributed by atoms with Gasteiger partial charge in [-0.05, 0) is 43.4 Å². The van der Waals surface area contributed by atoms with E-state index in [1.54, 1.807) is 0 Å². The van der Waals surface area contributed by atoms with Crippen LogP contribution in [0, 0.1) is 17.8 Å². The number of carbonyl (C=O) groups is 4. The third-order valence-corrected chi connectivity index (χ3v) is 22.3. The van der Waals surface area contributed by atoms with Crippen LogP contribution in [0.2, 0.25) is 0 Å². The number of carbonyl (C=O) groups excluding carboxylic acids is 4. The first-order valence-corrected chi connectivity index (χ1v) is 47.8. The standard InChI is InChI=1S/C87H170O17P2/c1-8-9-10-11-12-13-14-15-16-17-18-19-25-30-35-40-47-54-61-68-84(89)97-74-82(103-86(91)70-63-56-48-41-36-31-26-21-20-23-28-33-38-44-51-58-65-78(2)3)76-101-105(93,94)99-72-81(88)73-100-106(95,96)102-77-83(75-98-85(90)69-62-55-50-43-46-53-60-67-80(6)7)104-87(92)71-64-57-49-42-37-32-27-22-24-29-34-39-45-52-59-66-79(4)5/h78-83,88H,8-77H2,1-7H3,(H,93,94)(H,95,96)/t81-,82-,83-/m1/s1. The average Bonchev–Trinajstić information content (AvgIpc) is 0.874. The number of esters is 4. The van der Waals surface area contributed by atoms with Gasteiger partial charge in [0.2, 0.25) is 0 Å². The van der Waals surface area contributed by atoms with Crippen LogP contribution in [0.5, 0.6) is 0 Å². The minimum absolute atomic E-state index is 0.107. The van der Waals surface area contributed by atoms with Crippen LogP contribution in [0.4, 0.5) is 0 Å². The van der Waals surface area contributed by atoms with Crippen molar-refractivity contribution in [3.63, 3.8) is 0 Å². The Labute approximate surface area is 651 Å². The summed E-state index contributed by atoms with van der Waals surface area (Å²) in [6.45, 7) is 12.0. The molecule has 0 fully saturated rings. The third-order valence-electron chi connectivity index (χ3n) is 20.4. The van der Waals surface area contributed by atoms with E-state index in [9.17, 15) is 43.2 Å². The molecule has 19 heteroatoms. The first-order valence-electron chi connectivity index (χ1n) is 44.8. The van der Waals surface area contributed by atoms with E-state index in [1.807, 2.05) is 0 Å². The van der Waals surface area contributed by atoms with Crippen molar-refractivity contribution in [3.05, 3.63) is 0 Å². The van der Waals surface area contributed by atoms with E-state index in [1.165, 1.54) is 263 Å². The molecule has 0 aliphatic heterocycles. The molecule has 0 amide bonds. The van der Waals surface area contributed by atoms with E-state index < -0.39 is 97.5 Å². The first kappa shape index (κ1) is 104. The normalized spacial score (nSPS) is 13.9. The monoisotopic (exact) mass is 1550 g/mol. The molecule has 0 saturated heterocycles. The van der Waals surface area contributed by atoms with Gasteiger partial charge in [-0.1, -0.05) is 408 Å². The summed E-state index contributed by atoms with van der Waals surface area (Å²) in [6.07, 6.45) is 68.2. The summed E-state index contributed by atoms with van der Waals surface area (Å²) >= 11 is 0. The summed E-state index contributed by atoms with van der Waals surface area (Å²) in [5, 5.41) is 10.7. The predicted octanol–water partition coefficient (Wildman–Crippen LogP) is 26.5. The molecule has 0 heterocycles. The highest BCUT2D eigenvalue weighted by molar-refractivity contribution is 7.47. The molecule has 0 aliphatic rings. The number of hydrogen-bond acceptors (Lipinski definition) is 15. The topological polar surface area (TPSA) is 237 Å². The van der Waals surface area contributed by atoms with Crippen molar-refractivity contribution in [2.24, 2.45) is 17.8 Å². The molecule has 0 aromatic rings. The zero-order chi connectivity index (χ0) is 77.9. The van der Waals surface area contributed by atoms with Gasteiger partial charge in [0.15, 0.2) is 12.2 Å². The van der Waals surface area contributed by atoms with Gasteiger partial charge in [0.25, 0.3) is 0 Å². The highest BCUT2D eigenvalue weighted by Crippen LogP contribution is 2.45. The molecule has 0 spiro atoms. The van der Waals surface area contributed by atoms with Crippen molar-refractivity contribution in [2.75, 3.05) is 39.6 Å². The number of phosphoric ester groups is 2. The zero-order valence-electron chi connectivity index (χ0n) is 69.9. The molecule has 0 bridgehead atoms. The maximum atomic E-state index is 13.2. The van der Waals surface area contributed by atoms with Gasteiger partial charge in [0.05, 0.1) is 26.4 Å². The van der Waals surface area contributed by atoms with Crippen molar-refractivity contribution in [1.82, 2.24) is 0 Å². The van der Waals surface area contributed by atoms with Gasteiger partial charge >= 0.3 is 39.5 Å². The van der Waals surface area contributed by atoms with E-state index in [0.29, 0.717) is 31.6 Å². The quantitative estimate of drug-likeness (QED) is 0.0222. The summed E-state index contributed by atoms with van der Waals surface area (Å²) in [7, 11) is -9.93. The van der Waals surface area contributed by atoms with Gasteiger partial charge in [-0.3, -0.25) is 37.3 Å². The Balaban J connectivity index is 5.23. The lowest BCUT2D eigenvalue weighted by Gasteiger charge is -2.21. The smallest absolute Gasteiger partial charge is 0.462 e. The lowest BCUT2D eigenvalue weighted by atomic mass is 10.0. The molecule has 5 atom stereocenters. The number of aliphatic hydroxyl groups excluding tert-OH is 1. The minimum atomic E-state index is -4.97. The number of unbranched alkanes of at least 4 members (excludes halogenated alkanes) is 53. The largest absolute Gasteiger partial charge is 0.472 e. The Morgan fingerprint density at radius 2 is 0.434 bits per heavy atom. The second-order valence-electron chi connectivity index (χ2n) is 32.7. The third kappa shape index (κ3) is 80.1. The van der Waals surface area contributed by atoms with Crippen molar-refractivity contribution in [2.45, 2.75) is 478 Å². The fraction of sp³-hybridized carbons (Fsp3) is 0.954. The molecular formula is C87H170O17P2. The lowest BCUT2D eigenvalue weighted by molar-refractivity contribution is -0.161. The highest BCUT2D eigenvalue weighted by atomic mass is 31.2. The van der Waals surface area contributed by atoms with E-state index in [-0.39, 0.29) is 25.7 Å². The van der Waals surface area contributed by atoms with Gasteiger partial charge in [-0.2, -0.15) is 0 Å². The molecule has 0 aliphatic carbocycles. The van der Waals surface area contributed by atoms with Gasteiger partial charge in [-0.25, -0.2) is 9.13 Å². The molecule has 17 nitrogen and oxygen atoms in total. The summed E-state index contributed by atoms with van der Waals surface area (Å²) < 4.78 is 68.9. The fourth-order valence-electron chi connectivity index (χ4n) is 13.5. The van der Waals surface area contributed by atoms with Gasteiger partial charge in [-0.15, -0.1) is 0 Å². The molecule has 3 N–H and O–H groups in total. The van der Waals surface area contributed by atoms with Crippen LogP contribution in [0.25, 0.3) is 0 Å². The van der Waals surface area contributed by atoms with Crippen molar-refractivity contribution >= 4 is 39.5 Å². The number of rotatable bonds is 85. The molecular weight excluding hydrogens is 1380 g/mol. The summed E-state index contributed by atoms with van der Waals surface area (Å²) in [5.41, 5.74) is 0. The van der Waals surface area contributed by atoms with E-state index in [4.69, 9.17) is 37.0 Å². The Hall–Kier alpha value is -1.94. The number of ether oxygens (including phenoxy) is 4. The van der Waals surface area contributed by atoms with Gasteiger partial charge < -0.3 is 33.8 Å². The van der Waals surface area contributed by atoms with Crippen LogP contribution in [0.3, 0.4) is 0 Å². The molecule has 106 heavy (non-hydrogen) atoms. The molecule has 0 aromatic carbocycles. The number of aliphatic hydroxyl groups is 1. The van der Waals surface area contributed by atoms with Gasteiger partial charge in [0, 0.05) is 25.7 Å². The highest BCUT2D eigenvalue weighted by Gasteiger charge is 2.30. The molecule has 0 radical (unpaired) electrons. The minimum Gasteiger partial charge on any atom is -0.462 e. The second kappa shape index (κ2) is 77.0. The van der Waals surface area contributed by atoms with E-state index in [0.717, 1.165) is 108 Å². The van der Waals surface area contributed by atoms with Crippen LogP contribution in [0.15, 0.2) is 0 Å². The second-order valence-corrected chi connectivity index (χ2v) is 35.6. The van der Waals surface area contributed by atoms with Crippen molar-refractivity contribution < 1.29 is 80.2 Å². The Morgan fingerprint density at radius 1 is 0.255 bits per heavy atom. The maximum absolute atomic E-state index is 13.2. The van der Waals surface area contributed by atoms with Crippen molar-refractivity contribution in [3.8, 4) is 0 Å². The first-order chi connectivity index (χ1) is 51.2. The molecule has 630 valence electrons. The lowest BCUT2D eigenvalue weighted by Crippen LogP contribution is -2.30. The summed E-state index contributed by atoms with van der Waals surface area (Å²) in [6, 6.07) is 0. The molecule has 0 saturated carbocycles. The van der Waals surface area contributed by atoms with Crippen LogP contribution >= 0.6 is 15.6 Å². The maximum Gasteiger partial charge on any atom is 0.472 e. The number of hydrogen-bond donors (Lipinski definition) is 3. The van der Waals surface area contributed by atoms with Gasteiger partial charge in [0.1, 0.15) is 19.3 Å². The summed E-state index contributed by atoms with van der Waals surface area (Å²) in [5.74, 6) is 0.213. The van der Waals surface area contributed by atoms with E-state index in [2.05, 4.69) is 48.5 Å². The Kier molecular flexibility index (Phi) is 75.6. The predicted molar refractivity (Wildman–Crippen MR) is 437 cm³/mol. The Morgan fingerprint density at radius 3 is 0.642 bits per heavy atom. The van der Waals surface area contributed by atoms with Crippen LogP contribution in [0.1, 0.15) is 459 Å². The molecule has 0 rings (SSSR count). The molecule has 0 aromatic heterocycles. The van der Waals surface area contributed by atoms with E-state index >= 15 is 0 Å².